The van der Waals surface area contributed by atoms with Gasteiger partial charge in [-0.1, -0.05) is 37.3 Å². The monoisotopic (exact) mass is 215 g/mol. The van der Waals surface area contributed by atoms with Gasteiger partial charge in [-0.15, -0.1) is 0 Å². The summed E-state index contributed by atoms with van der Waals surface area (Å²) in [6.07, 6.45) is 1.39. The van der Waals surface area contributed by atoms with E-state index in [1.54, 1.807) is 0 Å². The number of carbonyl (C=O) groups excluding carboxylic acids is 2. The zero-order chi connectivity index (χ0) is 11.4. The summed E-state index contributed by atoms with van der Waals surface area (Å²) in [6.45, 7) is 1.98. The third kappa shape index (κ3) is 0.811. The number of benzene rings is 1. The van der Waals surface area contributed by atoms with Gasteiger partial charge in [-0.2, -0.15) is 0 Å². The Balaban J connectivity index is 2.15. The van der Waals surface area contributed by atoms with Crippen molar-refractivity contribution in [2.24, 2.45) is 5.41 Å². The molecule has 16 heavy (non-hydrogen) atoms. The van der Waals surface area contributed by atoms with E-state index in [1.165, 1.54) is 0 Å². The second-order valence-electron chi connectivity index (χ2n) is 4.67. The van der Waals surface area contributed by atoms with Gasteiger partial charge in [0.15, 0.2) is 0 Å². The Hall–Kier alpha value is -1.64. The molecule has 1 aliphatic heterocycles. The molecule has 2 aliphatic rings. The average molecular weight is 215 g/mol. The van der Waals surface area contributed by atoms with Crippen LogP contribution in [0.15, 0.2) is 30.3 Å². The van der Waals surface area contributed by atoms with Crippen LogP contribution in [0.2, 0.25) is 0 Å². The number of amides is 2. The van der Waals surface area contributed by atoms with Gasteiger partial charge in [-0.3, -0.25) is 14.9 Å². The topological polar surface area (TPSA) is 46.2 Å². The predicted molar refractivity (Wildman–Crippen MR) is 58.6 cm³/mol. The Kier molecular flexibility index (Phi) is 1.63. The van der Waals surface area contributed by atoms with Crippen molar-refractivity contribution in [1.29, 1.82) is 0 Å². The van der Waals surface area contributed by atoms with Gasteiger partial charge in [-0.25, -0.2) is 0 Å². The molecule has 0 aromatic heterocycles. The molecule has 1 saturated heterocycles. The normalized spacial score (nSPS) is 35.8. The number of imide groups is 1. The van der Waals surface area contributed by atoms with Crippen LogP contribution < -0.4 is 5.32 Å². The third-order valence-electron chi connectivity index (χ3n) is 4.18. The summed E-state index contributed by atoms with van der Waals surface area (Å²) in [5.41, 5.74) is -0.0638. The summed E-state index contributed by atoms with van der Waals surface area (Å²) in [5, 5.41) is 2.47. The summed E-state index contributed by atoms with van der Waals surface area (Å²) < 4.78 is 0. The Labute approximate surface area is 93.8 Å². The molecule has 2 atom stereocenters. The Morgan fingerprint density at radius 1 is 1.19 bits per heavy atom. The quantitative estimate of drug-likeness (QED) is 0.757. The first-order valence-electron chi connectivity index (χ1n) is 5.59. The van der Waals surface area contributed by atoms with Crippen molar-refractivity contribution in [2.45, 2.75) is 25.2 Å². The van der Waals surface area contributed by atoms with E-state index in [0.717, 1.165) is 12.0 Å². The number of fused-ring (bicyclic) bond motifs is 1. The summed E-state index contributed by atoms with van der Waals surface area (Å²) in [7, 11) is 0. The van der Waals surface area contributed by atoms with Gasteiger partial charge in [0, 0.05) is 0 Å². The van der Waals surface area contributed by atoms with Gasteiger partial charge in [0.25, 0.3) is 0 Å². The van der Waals surface area contributed by atoms with Crippen LogP contribution >= 0.6 is 0 Å². The Morgan fingerprint density at radius 3 is 2.44 bits per heavy atom. The van der Waals surface area contributed by atoms with Crippen LogP contribution in [0.3, 0.4) is 0 Å². The minimum absolute atomic E-state index is 0.0937. The highest BCUT2D eigenvalue weighted by Gasteiger charge is 2.79. The lowest BCUT2D eigenvalue weighted by Crippen LogP contribution is -2.30. The van der Waals surface area contributed by atoms with E-state index in [4.69, 9.17) is 0 Å². The summed E-state index contributed by atoms with van der Waals surface area (Å²) in [4.78, 5) is 23.8. The Morgan fingerprint density at radius 2 is 1.88 bits per heavy atom. The van der Waals surface area contributed by atoms with Gasteiger partial charge in [0.2, 0.25) is 11.8 Å². The maximum atomic E-state index is 12.0. The van der Waals surface area contributed by atoms with E-state index in [0.29, 0.717) is 6.42 Å². The SMILES string of the molecule is CCC12CC1(c1ccccc1)C(=O)NC2=O. The van der Waals surface area contributed by atoms with Crippen molar-refractivity contribution >= 4 is 11.8 Å². The minimum Gasteiger partial charge on any atom is -0.295 e. The van der Waals surface area contributed by atoms with Gasteiger partial charge in [0.1, 0.15) is 0 Å². The van der Waals surface area contributed by atoms with Crippen molar-refractivity contribution in [2.75, 3.05) is 0 Å². The molecule has 1 aromatic rings. The number of hydrogen-bond donors (Lipinski definition) is 1. The number of piperidine rings is 1. The average Bonchev–Trinajstić information content (AvgIpc) is 2.97. The highest BCUT2D eigenvalue weighted by atomic mass is 16.2. The first kappa shape index (κ1) is 9.58. The molecule has 2 unspecified atom stereocenters. The molecule has 1 N–H and O–H groups in total. The zero-order valence-electron chi connectivity index (χ0n) is 9.12. The van der Waals surface area contributed by atoms with Gasteiger partial charge >= 0.3 is 0 Å². The number of rotatable bonds is 2. The van der Waals surface area contributed by atoms with E-state index < -0.39 is 10.8 Å². The molecule has 0 spiro atoms. The van der Waals surface area contributed by atoms with Crippen molar-refractivity contribution in [3.05, 3.63) is 35.9 Å². The third-order valence-corrected chi connectivity index (χ3v) is 4.18. The molecular weight excluding hydrogens is 202 g/mol. The molecule has 82 valence electrons. The fourth-order valence-electron chi connectivity index (χ4n) is 3.13. The number of hydrogen-bond acceptors (Lipinski definition) is 2. The van der Waals surface area contributed by atoms with E-state index in [2.05, 4.69) is 5.32 Å². The lowest BCUT2D eigenvalue weighted by Gasteiger charge is -2.12. The zero-order valence-corrected chi connectivity index (χ0v) is 9.12. The lowest BCUT2D eigenvalue weighted by molar-refractivity contribution is -0.128. The second-order valence-corrected chi connectivity index (χ2v) is 4.67. The fourth-order valence-corrected chi connectivity index (χ4v) is 3.13. The maximum Gasteiger partial charge on any atom is 0.238 e. The molecule has 0 radical (unpaired) electrons. The first-order valence-corrected chi connectivity index (χ1v) is 5.59. The van der Waals surface area contributed by atoms with E-state index in [9.17, 15) is 9.59 Å². The lowest BCUT2D eigenvalue weighted by atomic mass is 9.86. The van der Waals surface area contributed by atoms with Crippen molar-refractivity contribution in [3.63, 3.8) is 0 Å². The summed E-state index contributed by atoms with van der Waals surface area (Å²) in [5.74, 6) is -0.214. The largest absolute Gasteiger partial charge is 0.295 e. The van der Waals surface area contributed by atoms with Crippen LogP contribution in [-0.4, -0.2) is 11.8 Å². The number of carbonyl (C=O) groups is 2. The van der Waals surface area contributed by atoms with E-state index >= 15 is 0 Å². The maximum absolute atomic E-state index is 12.0. The summed E-state index contributed by atoms with van der Waals surface area (Å²) in [6, 6.07) is 9.63. The van der Waals surface area contributed by atoms with E-state index in [1.807, 2.05) is 37.3 Å². The summed E-state index contributed by atoms with van der Waals surface area (Å²) >= 11 is 0. The molecule has 3 heteroatoms. The van der Waals surface area contributed by atoms with Crippen LogP contribution in [0.25, 0.3) is 0 Å². The molecule has 1 heterocycles. The van der Waals surface area contributed by atoms with Gasteiger partial charge in [0.05, 0.1) is 10.8 Å². The van der Waals surface area contributed by atoms with Crippen LogP contribution in [0.1, 0.15) is 25.3 Å². The number of nitrogens with one attached hydrogen (secondary N) is 1. The standard InChI is InChI=1S/C13H13NO2/c1-2-12-8-13(12,11(16)14-10(12)15)9-6-4-3-5-7-9/h3-7H,2,8H2,1H3,(H,14,15,16). The van der Waals surface area contributed by atoms with Gasteiger partial charge in [-0.05, 0) is 18.4 Å². The predicted octanol–water partition coefficient (Wildman–Crippen LogP) is 1.38. The minimum atomic E-state index is -0.569. The van der Waals surface area contributed by atoms with Gasteiger partial charge < -0.3 is 0 Å². The van der Waals surface area contributed by atoms with E-state index in [-0.39, 0.29) is 11.8 Å². The van der Waals surface area contributed by atoms with Crippen LogP contribution in [0.4, 0.5) is 0 Å². The smallest absolute Gasteiger partial charge is 0.238 e. The van der Waals surface area contributed by atoms with Crippen LogP contribution in [0.5, 0.6) is 0 Å². The van der Waals surface area contributed by atoms with Crippen LogP contribution in [0, 0.1) is 5.41 Å². The molecule has 3 nitrogen and oxygen atoms in total. The molecule has 1 saturated carbocycles. The highest BCUT2D eigenvalue weighted by molar-refractivity contribution is 6.17. The van der Waals surface area contributed by atoms with Crippen molar-refractivity contribution < 1.29 is 9.59 Å². The second kappa shape index (κ2) is 2.73. The van der Waals surface area contributed by atoms with Crippen molar-refractivity contribution in [3.8, 4) is 0 Å². The molecular formula is C13H13NO2. The molecule has 3 rings (SSSR count). The molecule has 0 bridgehead atoms. The molecule has 2 amide bonds. The molecule has 1 aromatic carbocycles. The molecule has 1 aliphatic carbocycles. The van der Waals surface area contributed by atoms with Crippen LogP contribution in [-0.2, 0) is 15.0 Å². The Bertz CT molecular complexity index is 482. The molecule has 2 fully saturated rings. The highest BCUT2D eigenvalue weighted by Crippen LogP contribution is 2.69. The van der Waals surface area contributed by atoms with Crippen molar-refractivity contribution in [1.82, 2.24) is 5.32 Å². The first-order chi connectivity index (χ1) is 7.67. The fraction of sp³-hybridized carbons (Fsp3) is 0.385.